The average Bonchev–Trinajstić information content (AvgIpc) is 2.70. The summed E-state index contributed by atoms with van der Waals surface area (Å²) in [6, 6.07) is 10.4. The molecule has 4 nitrogen and oxygen atoms in total. The Balaban J connectivity index is 1.78. The number of hydrogen-bond acceptors (Lipinski definition) is 5. The number of rotatable bonds is 10. The van der Waals surface area contributed by atoms with Crippen LogP contribution in [0.2, 0.25) is 0 Å². The molecule has 0 saturated carbocycles. The maximum Gasteiger partial charge on any atom is 0.416 e. The molecule has 0 saturated heterocycles. The van der Waals surface area contributed by atoms with Crippen molar-refractivity contribution in [1.82, 2.24) is 0 Å². The first-order chi connectivity index (χ1) is 14.2. The molecular formula is C22H25F3O4S. The van der Waals surface area contributed by atoms with Gasteiger partial charge in [0, 0.05) is 10.6 Å². The first-order valence-electron chi connectivity index (χ1n) is 9.51. The zero-order valence-electron chi connectivity index (χ0n) is 17.1. The van der Waals surface area contributed by atoms with Crippen LogP contribution in [0.4, 0.5) is 13.2 Å². The predicted molar refractivity (Wildman–Crippen MR) is 110 cm³/mol. The highest BCUT2D eigenvalue weighted by Gasteiger charge is 2.30. The molecular weight excluding hydrogens is 417 g/mol. The number of aryl methyl sites for hydroxylation is 1. The molecule has 8 heteroatoms. The fraction of sp³-hybridized carbons (Fsp3) is 0.409. The molecule has 0 radical (unpaired) electrons. The van der Waals surface area contributed by atoms with Gasteiger partial charge in [0.2, 0.25) is 0 Å². The topological polar surface area (TPSA) is 44.8 Å². The van der Waals surface area contributed by atoms with Gasteiger partial charge in [0.05, 0.1) is 18.8 Å². The van der Waals surface area contributed by atoms with Crippen LogP contribution < -0.4 is 9.47 Å². The normalized spacial score (nSPS) is 12.3. The van der Waals surface area contributed by atoms with Crippen LogP contribution in [-0.2, 0) is 15.7 Å². The molecule has 0 aliphatic carbocycles. The van der Waals surface area contributed by atoms with Gasteiger partial charge >= 0.3 is 12.1 Å². The van der Waals surface area contributed by atoms with Crippen LogP contribution in [0.3, 0.4) is 0 Å². The van der Waals surface area contributed by atoms with Crippen molar-refractivity contribution in [3.05, 3.63) is 53.6 Å². The summed E-state index contributed by atoms with van der Waals surface area (Å²) in [5.41, 5.74) is 0.224. The molecule has 0 aliphatic rings. The Morgan fingerprint density at radius 1 is 1.10 bits per heavy atom. The van der Waals surface area contributed by atoms with Crippen molar-refractivity contribution < 1.29 is 32.2 Å². The first-order valence-corrected chi connectivity index (χ1v) is 10.5. The molecule has 0 amide bonds. The molecule has 0 spiro atoms. The standard InChI is InChI=1S/C22H25F3O4S/c1-4-27-21(26)13-29-20-10-9-19(11-16(20)3)30-14-15(2)12-28-18-7-5-17(6-8-18)22(23,24)25/h5-11,15H,4,12-14H2,1-3H3. The molecule has 2 aromatic rings. The lowest BCUT2D eigenvalue weighted by molar-refractivity contribution is -0.145. The number of thioether (sulfide) groups is 1. The van der Waals surface area contributed by atoms with Gasteiger partial charge in [0.25, 0.3) is 0 Å². The summed E-state index contributed by atoms with van der Waals surface area (Å²) in [6.45, 7) is 6.25. The van der Waals surface area contributed by atoms with Crippen molar-refractivity contribution >= 4 is 17.7 Å². The Labute approximate surface area is 178 Å². The molecule has 164 valence electrons. The van der Waals surface area contributed by atoms with E-state index in [9.17, 15) is 18.0 Å². The van der Waals surface area contributed by atoms with E-state index in [2.05, 4.69) is 0 Å². The molecule has 2 rings (SSSR count). The van der Waals surface area contributed by atoms with Crippen LogP contribution in [0.25, 0.3) is 0 Å². The third-order valence-corrected chi connectivity index (χ3v) is 5.37. The molecule has 1 atom stereocenters. The molecule has 0 N–H and O–H groups in total. The number of ether oxygens (including phenoxy) is 3. The molecule has 1 unspecified atom stereocenters. The van der Waals surface area contributed by atoms with Crippen LogP contribution in [0.5, 0.6) is 11.5 Å². The second-order valence-corrected chi connectivity index (χ2v) is 7.86. The predicted octanol–water partition coefficient (Wildman–Crippen LogP) is 5.76. The van der Waals surface area contributed by atoms with Crippen LogP contribution in [0.1, 0.15) is 25.0 Å². The molecule has 2 aromatic carbocycles. The summed E-state index contributed by atoms with van der Waals surface area (Å²) in [5.74, 6) is 1.61. The summed E-state index contributed by atoms with van der Waals surface area (Å²) in [4.78, 5) is 12.4. The highest BCUT2D eigenvalue weighted by Crippen LogP contribution is 2.31. The summed E-state index contributed by atoms with van der Waals surface area (Å²) in [7, 11) is 0. The van der Waals surface area contributed by atoms with Gasteiger partial charge in [-0.15, -0.1) is 11.8 Å². The largest absolute Gasteiger partial charge is 0.493 e. The van der Waals surface area contributed by atoms with E-state index in [-0.39, 0.29) is 12.5 Å². The number of alkyl halides is 3. The van der Waals surface area contributed by atoms with Crippen molar-refractivity contribution in [1.29, 1.82) is 0 Å². The maximum absolute atomic E-state index is 12.6. The lowest BCUT2D eigenvalue weighted by atomic mass is 10.2. The Bertz CT molecular complexity index is 822. The number of hydrogen-bond donors (Lipinski definition) is 0. The Morgan fingerprint density at radius 3 is 2.40 bits per heavy atom. The van der Waals surface area contributed by atoms with Crippen LogP contribution in [0.15, 0.2) is 47.4 Å². The number of carbonyl (C=O) groups excluding carboxylic acids is 1. The number of halogens is 3. The Kier molecular flexibility index (Phi) is 8.89. The molecule has 0 aromatic heterocycles. The minimum Gasteiger partial charge on any atom is -0.493 e. The van der Waals surface area contributed by atoms with Gasteiger partial charge in [0.1, 0.15) is 11.5 Å². The van der Waals surface area contributed by atoms with Crippen molar-refractivity contribution in [2.24, 2.45) is 5.92 Å². The molecule has 0 aliphatic heterocycles. The van der Waals surface area contributed by atoms with Crippen LogP contribution in [0, 0.1) is 12.8 Å². The number of benzene rings is 2. The highest BCUT2D eigenvalue weighted by atomic mass is 32.2. The minimum absolute atomic E-state index is 0.126. The van der Waals surface area contributed by atoms with Crippen LogP contribution >= 0.6 is 11.8 Å². The van der Waals surface area contributed by atoms with E-state index in [1.54, 1.807) is 18.7 Å². The molecule has 30 heavy (non-hydrogen) atoms. The minimum atomic E-state index is -4.35. The van der Waals surface area contributed by atoms with Gasteiger partial charge in [-0.05, 0) is 67.8 Å². The van der Waals surface area contributed by atoms with Gasteiger partial charge in [-0.25, -0.2) is 4.79 Å². The van der Waals surface area contributed by atoms with E-state index in [1.807, 2.05) is 32.0 Å². The zero-order chi connectivity index (χ0) is 22.1. The lowest BCUT2D eigenvalue weighted by Crippen LogP contribution is -2.15. The fourth-order valence-electron chi connectivity index (χ4n) is 2.48. The molecule has 0 bridgehead atoms. The van der Waals surface area contributed by atoms with Crippen molar-refractivity contribution in [3.63, 3.8) is 0 Å². The quantitative estimate of drug-likeness (QED) is 0.346. The Morgan fingerprint density at radius 2 is 1.80 bits per heavy atom. The van der Waals surface area contributed by atoms with E-state index in [1.165, 1.54) is 12.1 Å². The van der Waals surface area contributed by atoms with E-state index in [0.717, 1.165) is 28.3 Å². The van der Waals surface area contributed by atoms with Crippen molar-refractivity contribution in [3.8, 4) is 11.5 Å². The Hall–Kier alpha value is -2.35. The summed E-state index contributed by atoms with van der Waals surface area (Å²) >= 11 is 1.65. The van der Waals surface area contributed by atoms with E-state index in [4.69, 9.17) is 14.2 Å². The van der Waals surface area contributed by atoms with Gasteiger partial charge in [-0.2, -0.15) is 13.2 Å². The second-order valence-electron chi connectivity index (χ2n) is 6.77. The average molecular weight is 442 g/mol. The lowest BCUT2D eigenvalue weighted by Gasteiger charge is -2.14. The monoisotopic (exact) mass is 442 g/mol. The third kappa shape index (κ3) is 7.82. The van der Waals surface area contributed by atoms with Gasteiger partial charge in [0.15, 0.2) is 6.61 Å². The molecule has 0 fully saturated rings. The number of carbonyl (C=O) groups is 1. The molecule has 0 heterocycles. The van der Waals surface area contributed by atoms with Gasteiger partial charge in [-0.3, -0.25) is 0 Å². The number of esters is 1. The zero-order valence-corrected chi connectivity index (χ0v) is 17.9. The van der Waals surface area contributed by atoms with Gasteiger partial charge in [-0.1, -0.05) is 6.92 Å². The van der Waals surface area contributed by atoms with E-state index < -0.39 is 17.7 Å². The maximum atomic E-state index is 12.6. The smallest absolute Gasteiger partial charge is 0.416 e. The summed E-state index contributed by atoms with van der Waals surface area (Å²) in [5, 5.41) is 0. The van der Waals surface area contributed by atoms with E-state index in [0.29, 0.717) is 24.7 Å². The van der Waals surface area contributed by atoms with Crippen molar-refractivity contribution in [2.45, 2.75) is 31.8 Å². The van der Waals surface area contributed by atoms with Crippen molar-refractivity contribution in [2.75, 3.05) is 25.6 Å². The van der Waals surface area contributed by atoms with Gasteiger partial charge < -0.3 is 14.2 Å². The summed E-state index contributed by atoms with van der Waals surface area (Å²) in [6.07, 6.45) is -4.35. The fourth-order valence-corrected chi connectivity index (χ4v) is 3.48. The SMILES string of the molecule is CCOC(=O)COc1ccc(SCC(C)COc2ccc(C(F)(F)F)cc2)cc1C. The first kappa shape index (κ1) is 23.9. The highest BCUT2D eigenvalue weighted by molar-refractivity contribution is 7.99. The van der Waals surface area contributed by atoms with E-state index >= 15 is 0 Å². The summed E-state index contributed by atoms with van der Waals surface area (Å²) < 4.78 is 53.7. The third-order valence-electron chi connectivity index (χ3n) is 4.05. The van der Waals surface area contributed by atoms with Crippen LogP contribution in [-0.4, -0.2) is 31.5 Å². The second kappa shape index (κ2) is 11.2.